The molecule has 0 atom stereocenters. The minimum absolute atomic E-state index is 0.0606. The van der Waals surface area contributed by atoms with Crippen LogP contribution in [0.15, 0.2) is 47.4 Å². The SMILES string of the molecule is CCN(CC)C(=O)c1ccc(NC(=O)c2cc(S(C)(=O)=O)ccc2C)cc1. The van der Waals surface area contributed by atoms with E-state index in [2.05, 4.69) is 5.32 Å². The van der Waals surface area contributed by atoms with Crippen molar-refractivity contribution in [3.8, 4) is 0 Å². The first-order valence-corrected chi connectivity index (χ1v) is 10.6. The molecule has 1 N–H and O–H groups in total. The van der Waals surface area contributed by atoms with Crippen LogP contribution in [0.25, 0.3) is 0 Å². The maximum atomic E-state index is 12.6. The largest absolute Gasteiger partial charge is 0.339 e. The van der Waals surface area contributed by atoms with E-state index in [0.29, 0.717) is 35.5 Å². The molecule has 0 spiro atoms. The van der Waals surface area contributed by atoms with Crippen LogP contribution in [0.1, 0.15) is 40.1 Å². The van der Waals surface area contributed by atoms with Crippen molar-refractivity contribution in [2.45, 2.75) is 25.7 Å². The first-order chi connectivity index (χ1) is 12.7. The molecule has 0 saturated heterocycles. The number of benzene rings is 2. The number of amides is 2. The van der Waals surface area contributed by atoms with Crippen molar-refractivity contribution >= 4 is 27.3 Å². The molecule has 0 saturated carbocycles. The van der Waals surface area contributed by atoms with Gasteiger partial charge in [0.1, 0.15) is 0 Å². The molecule has 2 amide bonds. The first kappa shape index (κ1) is 20.6. The molecule has 7 heteroatoms. The highest BCUT2D eigenvalue weighted by Crippen LogP contribution is 2.18. The second-order valence-corrected chi connectivity index (χ2v) is 8.27. The molecule has 2 rings (SSSR count). The van der Waals surface area contributed by atoms with Gasteiger partial charge in [-0.05, 0) is 62.7 Å². The molecule has 0 fully saturated rings. The predicted octanol–water partition coefficient (Wildman–Crippen LogP) is 3.13. The summed E-state index contributed by atoms with van der Waals surface area (Å²) in [4.78, 5) is 26.7. The van der Waals surface area contributed by atoms with Crippen molar-refractivity contribution in [2.24, 2.45) is 0 Å². The van der Waals surface area contributed by atoms with Gasteiger partial charge in [0.2, 0.25) is 0 Å². The fraction of sp³-hybridized carbons (Fsp3) is 0.300. The molecule has 6 nitrogen and oxygen atoms in total. The standard InChI is InChI=1S/C20H24N2O4S/c1-5-22(6-2)20(24)15-8-10-16(11-9-15)21-19(23)18-13-17(27(4,25)26)12-7-14(18)3/h7-13H,5-6H2,1-4H3,(H,21,23). The number of hydrogen-bond donors (Lipinski definition) is 1. The number of aryl methyl sites for hydroxylation is 1. The number of carbonyl (C=O) groups is 2. The van der Waals surface area contributed by atoms with Crippen molar-refractivity contribution in [1.29, 1.82) is 0 Å². The van der Waals surface area contributed by atoms with E-state index in [0.717, 1.165) is 6.26 Å². The third-order valence-electron chi connectivity index (χ3n) is 4.32. The Labute approximate surface area is 160 Å². The summed E-state index contributed by atoms with van der Waals surface area (Å²) >= 11 is 0. The zero-order chi connectivity index (χ0) is 20.2. The van der Waals surface area contributed by atoms with E-state index < -0.39 is 15.7 Å². The zero-order valence-corrected chi connectivity index (χ0v) is 16.8. The molecule has 0 radical (unpaired) electrons. The Kier molecular flexibility index (Phi) is 6.38. The smallest absolute Gasteiger partial charge is 0.255 e. The Morgan fingerprint density at radius 1 is 1.00 bits per heavy atom. The molecule has 0 unspecified atom stereocenters. The van der Waals surface area contributed by atoms with E-state index >= 15 is 0 Å². The van der Waals surface area contributed by atoms with Gasteiger partial charge in [-0.1, -0.05) is 6.07 Å². The van der Waals surface area contributed by atoms with Crippen molar-refractivity contribution in [3.05, 3.63) is 59.2 Å². The number of nitrogens with one attached hydrogen (secondary N) is 1. The zero-order valence-electron chi connectivity index (χ0n) is 15.9. The van der Waals surface area contributed by atoms with E-state index in [1.54, 1.807) is 42.2 Å². The van der Waals surface area contributed by atoms with Crippen LogP contribution in [0.2, 0.25) is 0 Å². The summed E-state index contributed by atoms with van der Waals surface area (Å²) in [6.07, 6.45) is 1.10. The quantitative estimate of drug-likeness (QED) is 0.824. The first-order valence-electron chi connectivity index (χ1n) is 8.68. The maximum absolute atomic E-state index is 12.6. The molecule has 0 aliphatic heterocycles. The molecule has 144 valence electrons. The van der Waals surface area contributed by atoms with E-state index in [-0.39, 0.29) is 10.8 Å². The summed E-state index contributed by atoms with van der Waals surface area (Å²) in [5.41, 5.74) is 2.04. The van der Waals surface area contributed by atoms with Crippen molar-refractivity contribution in [2.75, 3.05) is 24.7 Å². The monoisotopic (exact) mass is 388 g/mol. The average Bonchev–Trinajstić information content (AvgIpc) is 2.62. The summed E-state index contributed by atoms with van der Waals surface area (Å²) in [6, 6.07) is 11.1. The number of nitrogens with zero attached hydrogens (tertiary/aromatic N) is 1. The lowest BCUT2D eigenvalue weighted by molar-refractivity contribution is 0.0773. The minimum Gasteiger partial charge on any atom is -0.339 e. The maximum Gasteiger partial charge on any atom is 0.255 e. The summed E-state index contributed by atoms with van der Waals surface area (Å²) < 4.78 is 23.4. The van der Waals surface area contributed by atoms with Crippen LogP contribution in [0.5, 0.6) is 0 Å². The van der Waals surface area contributed by atoms with Gasteiger partial charge < -0.3 is 10.2 Å². The van der Waals surface area contributed by atoms with Crippen LogP contribution in [-0.2, 0) is 9.84 Å². The van der Waals surface area contributed by atoms with Gasteiger partial charge in [0.25, 0.3) is 11.8 Å². The van der Waals surface area contributed by atoms with Crippen LogP contribution in [0.4, 0.5) is 5.69 Å². The van der Waals surface area contributed by atoms with Gasteiger partial charge in [0.15, 0.2) is 9.84 Å². The normalized spacial score (nSPS) is 11.1. The number of rotatable bonds is 6. The third kappa shape index (κ3) is 4.95. The van der Waals surface area contributed by atoms with Crippen molar-refractivity contribution < 1.29 is 18.0 Å². The van der Waals surface area contributed by atoms with Gasteiger partial charge in [-0.3, -0.25) is 9.59 Å². The van der Waals surface area contributed by atoms with E-state index in [1.165, 1.54) is 12.1 Å². The fourth-order valence-electron chi connectivity index (χ4n) is 2.66. The summed E-state index contributed by atoms with van der Waals surface area (Å²) in [5.74, 6) is -0.463. The van der Waals surface area contributed by atoms with Gasteiger partial charge in [0.05, 0.1) is 4.90 Å². The molecule has 0 aliphatic carbocycles. The lowest BCUT2D eigenvalue weighted by Crippen LogP contribution is -2.30. The van der Waals surface area contributed by atoms with Gasteiger partial charge >= 0.3 is 0 Å². The van der Waals surface area contributed by atoms with Crippen LogP contribution >= 0.6 is 0 Å². The molecule has 27 heavy (non-hydrogen) atoms. The Morgan fingerprint density at radius 3 is 2.11 bits per heavy atom. The molecule has 0 aliphatic rings. The van der Waals surface area contributed by atoms with Crippen molar-refractivity contribution in [1.82, 2.24) is 4.90 Å². The van der Waals surface area contributed by atoms with Crippen LogP contribution in [0, 0.1) is 6.92 Å². The van der Waals surface area contributed by atoms with Crippen molar-refractivity contribution in [3.63, 3.8) is 0 Å². The van der Waals surface area contributed by atoms with Gasteiger partial charge in [-0.15, -0.1) is 0 Å². The molecule has 0 heterocycles. The Bertz CT molecular complexity index is 946. The second kappa shape index (κ2) is 8.35. The van der Waals surface area contributed by atoms with E-state index in [9.17, 15) is 18.0 Å². The lowest BCUT2D eigenvalue weighted by Gasteiger charge is -2.18. The average molecular weight is 388 g/mol. The molecular weight excluding hydrogens is 364 g/mol. The Balaban J connectivity index is 2.21. The summed E-state index contributed by atoms with van der Waals surface area (Å²) in [7, 11) is -3.40. The Morgan fingerprint density at radius 2 is 1.59 bits per heavy atom. The fourth-order valence-corrected chi connectivity index (χ4v) is 3.31. The summed E-state index contributed by atoms with van der Waals surface area (Å²) in [6.45, 7) is 6.84. The number of hydrogen-bond acceptors (Lipinski definition) is 4. The molecule has 2 aromatic rings. The molecule has 0 bridgehead atoms. The number of anilines is 1. The van der Waals surface area contributed by atoms with Crippen LogP contribution in [0.3, 0.4) is 0 Å². The van der Waals surface area contributed by atoms with Gasteiger partial charge in [-0.25, -0.2) is 8.42 Å². The topological polar surface area (TPSA) is 83.6 Å². The number of sulfone groups is 1. The lowest BCUT2D eigenvalue weighted by atomic mass is 10.1. The van der Waals surface area contributed by atoms with E-state index in [1.807, 2.05) is 13.8 Å². The molecule has 2 aromatic carbocycles. The minimum atomic E-state index is -3.40. The van der Waals surface area contributed by atoms with Crippen LogP contribution in [-0.4, -0.2) is 44.5 Å². The van der Waals surface area contributed by atoms with Crippen LogP contribution < -0.4 is 5.32 Å². The molecule has 0 aromatic heterocycles. The highest BCUT2D eigenvalue weighted by Gasteiger charge is 2.16. The second-order valence-electron chi connectivity index (χ2n) is 6.26. The van der Waals surface area contributed by atoms with E-state index in [4.69, 9.17) is 0 Å². The summed E-state index contributed by atoms with van der Waals surface area (Å²) in [5, 5.41) is 2.74. The molecular formula is C20H24N2O4S. The highest BCUT2D eigenvalue weighted by molar-refractivity contribution is 7.90. The third-order valence-corrected chi connectivity index (χ3v) is 5.43. The van der Waals surface area contributed by atoms with Gasteiger partial charge in [0, 0.05) is 36.2 Å². The Hall–Kier alpha value is -2.67. The van der Waals surface area contributed by atoms with Gasteiger partial charge in [-0.2, -0.15) is 0 Å². The predicted molar refractivity (Wildman–Crippen MR) is 106 cm³/mol. The highest BCUT2D eigenvalue weighted by atomic mass is 32.2. The number of carbonyl (C=O) groups excluding carboxylic acids is 2.